The lowest BCUT2D eigenvalue weighted by molar-refractivity contribution is 0.607. The maximum Gasteiger partial charge on any atom is 0.144 e. The summed E-state index contributed by atoms with van der Waals surface area (Å²) >= 11 is 0. The Kier molecular flexibility index (Phi) is 44.3. The fourth-order valence-electron chi connectivity index (χ4n) is 0. The monoisotopic (exact) mass is 304 g/mol. The van der Waals surface area contributed by atoms with Gasteiger partial charge in [0.15, 0.2) is 0 Å². The topological polar surface area (TPSA) is 51.2 Å². The molecule has 0 atom stereocenters. The summed E-state index contributed by atoms with van der Waals surface area (Å²) in [4.78, 5) is 0. The molecular formula is C13H36O3S2. The van der Waals surface area contributed by atoms with E-state index in [1.54, 1.807) is 12.5 Å². The molecule has 5 heteroatoms. The van der Waals surface area contributed by atoms with Crippen molar-refractivity contribution < 1.29 is 12.6 Å². The molecule has 0 unspecified atom stereocenters. The maximum atomic E-state index is 9.63. The average Bonchev–Trinajstić information content (AvgIpc) is 2.02. The van der Waals surface area contributed by atoms with Crippen LogP contribution in [-0.4, -0.2) is 37.6 Å². The van der Waals surface area contributed by atoms with Gasteiger partial charge in [-0.3, -0.25) is 4.21 Å². The molecule has 0 radical (unpaired) electrons. The van der Waals surface area contributed by atoms with Crippen LogP contribution in [0.5, 0.6) is 0 Å². The highest BCUT2D eigenvalue weighted by atomic mass is 32.2. The van der Waals surface area contributed by atoms with Gasteiger partial charge in [0, 0.05) is 35.8 Å². The van der Waals surface area contributed by atoms with Crippen LogP contribution >= 0.6 is 0 Å². The first-order valence-corrected chi connectivity index (χ1v) is 10.5. The average molecular weight is 305 g/mol. The van der Waals surface area contributed by atoms with E-state index in [9.17, 15) is 12.6 Å². The van der Waals surface area contributed by atoms with E-state index in [0.717, 1.165) is 18.4 Å². The van der Waals surface area contributed by atoms with Crippen molar-refractivity contribution in [3.63, 3.8) is 0 Å². The lowest BCUT2D eigenvalue weighted by Crippen LogP contribution is -1.86. The van der Waals surface area contributed by atoms with Crippen molar-refractivity contribution >= 4 is 20.6 Å². The lowest BCUT2D eigenvalue weighted by Gasteiger charge is -1.79. The highest BCUT2D eigenvalue weighted by molar-refractivity contribution is 7.89. The zero-order valence-electron chi connectivity index (χ0n) is 14.3. The molecule has 0 spiro atoms. The molecule has 0 heterocycles. The van der Waals surface area contributed by atoms with Crippen LogP contribution in [0.2, 0.25) is 0 Å². The molecule has 0 saturated carbocycles. The van der Waals surface area contributed by atoms with E-state index >= 15 is 0 Å². The van der Waals surface area contributed by atoms with Gasteiger partial charge in [0.2, 0.25) is 0 Å². The highest BCUT2D eigenvalue weighted by Gasteiger charge is 1.79. The van der Waals surface area contributed by atoms with Crippen LogP contribution in [-0.2, 0) is 20.6 Å². The molecule has 0 N–H and O–H groups in total. The smallest absolute Gasteiger partial charge is 0.144 e. The largest absolute Gasteiger partial charge is 0.260 e. The van der Waals surface area contributed by atoms with Gasteiger partial charge in [-0.15, -0.1) is 0 Å². The third-order valence-corrected chi connectivity index (χ3v) is 0. The molecule has 3 nitrogen and oxygen atoms in total. The van der Waals surface area contributed by atoms with Crippen LogP contribution in [0.25, 0.3) is 0 Å². The SMILES string of the molecule is CC.CC(C)C.CCC.CS(C)(=O)=O.CS(C)=O. The van der Waals surface area contributed by atoms with E-state index in [-0.39, 0.29) is 0 Å². The van der Waals surface area contributed by atoms with Gasteiger partial charge in [0.25, 0.3) is 0 Å². The van der Waals surface area contributed by atoms with Crippen molar-refractivity contribution in [2.24, 2.45) is 5.92 Å². The number of hydrogen-bond acceptors (Lipinski definition) is 3. The van der Waals surface area contributed by atoms with E-state index in [0.29, 0.717) is 0 Å². The molecule has 0 amide bonds. The zero-order chi connectivity index (χ0) is 16.4. The Balaban J connectivity index is -0.0000000404. The standard InChI is InChI=1S/C4H10.C3H8.C2H6O2S.C2H6OS.C2H6/c1-4(2)3;1-3-2;1-5(2,3)4;1-4(2)3;1-2/h4H,1-3H3;3H2,1-2H3;1-2H3;1-2H3;1-2H3. The Morgan fingerprint density at radius 3 is 0.944 bits per heavy atom. The summed E-state index contributed by atoms with van der Waals surface area (Å²) < 4.78 is 28.8. The Morgan fingerprint density at radius 1 is 0.944 bits per heavy atom. The maximum absolute atomic E-state index is 9.63. The van der Waals surface area contributed by atoms with Crippen LogP contribution in [0.3, 0.4) is 0 Å². The van der Waals surface area contributed by atoms with Gasteiger partial charge in [0.1, 0.15) is 9.84 Å². The molecule has 0 aromatic rings. The first-order chi connectivity index (χ1) is 7.88. The second-order valence-electron chi connectivity index (χ2n) is 4.32. The second kappa shape index (κ2) is 25.8. The van der Waals surface area contributed by atoms with Crippen LogP contribution in [0, 0.1) is 5.92 Å². The fraction of sp³-hybridized carbons (Fsp3) is 1.00. The third kappa shape index (κ3) is 367000. The summed E-state index contributed by atoms with van der Waals surface area (Å²) in [6, 6.07) is 0. The number of rotatable bonds is 0. The fourth-order valence-corrected chi connectivity index (χ4v) is 0. The summed E-state index contributed by atoms with van der Waals surface area (Å²) in [6.45, 7) is 14.7. The van der Waals surface area contributed by atoms with E-state index in [2.05, 4.69) is 34.6 Å². The zero-order valence-corrected chi connectivity index (χ0v) is 16.0. The molecule has 0 saturated heterocycles. The quantitative estimate of drug-likeness (QED) is 0.684. The molecule has 18 heavy (non-hydrogen) atoms. The lowest BCUT2D eigenvalue weighted by atomic mass is 10.3. The van der Waals surface area contributed by atoms with Crippen LogP contribution in [0.15, 0.2) is 0 Å². The molecule has 0 bridgehead atoms. The van der Waals surface area contributed by atoms with Crippen LogP contribution in [0.4, 0.5) is 0 Å². The molecule has 0 aromatic carbocycles. The Bertz CT molecular complexity index is 206. The van der Waals surface area contributed by atoms with Gasteiger partial charge >= 0.3 is 0 Å². The van der Waals surface area contributed by atoms with Crippen molar-refractivity contribution in [2.45, 2.75) is 54.9 Å². The van der Waals surface area contributed by atoms with Crippen molar-refractivity contribution in [1.82, 2.24) is 0 Å². The van der Waals surface area contributed by atoms with Gasteiger partial charge in [0.05, 0.1) is 0 Å². The molecular weight excluding hydrogens is 268 g/mol. The van der Waals surface area contributed by atoms with E-state index in [4.69, 9.17) is 0 Å². The molecule has 0 aliphatic carbocycles. The summed E-state index contributed by atoms with van der Waals surface area (Å²) in [5, 5.41) is 0. The van der Waals surface area contributed by atoms with Gasteiger partial charge in [-0.05, 0) is 5.92 Å². The van der Waals surface area contributed by atoms with E-state index < -0.39 is 20.6 Å². The second-order valence-corrected chi connectivity index (χ2v) is 8.09. The minimum Gasteiger partial charge on any atom is -0.260 e. The summed E-state index contributed by atoms with van der Waals surface area (Å²) in [6.07, 6.45) is 6.85. The van der Waals surface area contributed by atoms with E-state index in [1.165, 1.54) is 6.42 Å². The van der Waals surface area contributed by atoms with Crippen LogP contribution in [0.1, 0.15) is 54.9 Å². The van der Waals surface area contributed by atoms with Crippen molar-refractivity contribution in [2.75, 3.05) is 25.0 Å². The first kappa shape index (κ1) is 30.8. The van der Waals surface area contributed by atoms with Crippen LogP contribution < -0.4 is 0 Å². The molecule has 0 aliphatic heterocycles. The molecule has 0 fully saturated rings. The predicted octanol–water partition coefficient (Wildman–Crippen LogP) is 3.76. The van der Waals surface area contributed by atoms with Crippen molar-refractivity contribution in [1.29, 1.82) is 0 Å². The molecule has 0 aliphatic rings. The summed E-state index contributed by atoms with van der Waals surface area (Å²) in [5.74, 6) is 0.833. The Hall–Kier alpha value is 0.1000. The predicted molar refractivity (Wildman–Crippen MR) is 88.6 cm³/mol. The third-order valence-electron chi connectivity index (χ3n) is 0. The van der Waals surface area contributed by atoms with E-state index in [1.807, 2.05) is 13.8 Å². The number of hydrogen-bond donors (Lipinski definition) is 0. The number of sulfone groups is 1. The minimum atomic E-state index is -2.67. The normalized spacial score (nSPS) is 8.50. The van der Waals surface area contributed by atoms with Crippen molar-refractivity contribution in [3.05, 3.63) is 0 Å². The highest BCUT2D eigenvalue weighted by Crippen LogP contribution is 1.81. The van der Waals surface area contributed by atoms with Gasteiger partial charge in [-0.25, -0.2) is 8.42 Å². The first-order valence-electron chi connectivity index (χ1n) is 6.28. The Labute approximate surface area is 119 Å². The minimum absolute atomic E-state index is 0.611. The van der Waals surface area contributed by atoms with Gasteiger partial charge in [-0.2, -0.15) is 0 Å². The molecule has 0 aromatic heterocycles. The summed E-state index contributed by atoms with van der Waals surface area (Å²) in [5.41, 5.74) is 0. The molecule has 118 valence electrons. The Morgan fingerprint density at radius 2 is 0.944 bits per heavy atom. The van der Waals surface area contributed by atoms with Crippen molar-refractivity contribution in [3.8, 4) is 0 Å². The van der Waals surface area contributed by atoms with Gasteiger partial charge < -0.3 is 0 Å². The summed E-state index contributed by atoms with van der Waals surface area (Å²) in [7, 11) is -3.28. The van der Waals surface area contributed by atoms with Gasteiger partial charge in [-0.1, -0.05) is 54.9 Å². The molecule has 0 rings (SSSR count).